The van der Waals surface area contributed by atoms with E-state index in [1.807, 2.05) is 17.0 Å². The molecule has 0 spiro atoms. The number of hydrogen-bond donors (Lipinski definition) is 1. The summed E-state index contributed by atoms with van der Waals surface area (Å²) in [6.45, 7) is 1.27. The minimum Gasteiger partial charge on any atom is -0.467 e. The maximum Gasteiger partial charge on any atom is 0.223 e. The van der Waals surface area contributed by atoms with Crippen LogP contribution in [0.4, 0.5) is 0 Å². The van der Waals surface area contributed by atoms with Gasteiger partial charge in [0.25, 0.3) is 0 Å². The quantitative estimate of drug-likeness (QED) is 0.735. The Hall–Kier alpha value is -1.29. The lowest BCUT2D eigenvalue weighted by atomic mass is 10.2. The lowest BCUT2D eigenvalue weighted by molar-refractivity contribution is -0.132. The zero-order chi connectivity index (χ0) is 12.1. The molecule has 1 aliphatic rings. The molecule has 1 aromatic rings. The number of nitrogens with zero attached hydrogens (tertiary/aromatic N) is 1. The molecule has 0 aliphatic heterocycles. The number of hydrogen-bond acceptors (Lipinski definition) is 3. The molecule has 0 unspecified atom stereocenters. The van der Waals surface area contributed by atoms with Crippen LogP contribution in [0.5, 0.6) is 0 Å². The van der Waals surface area contributed by atoms with Crippen LogP contribution in [-0.4, -0.2) is 23.4 Å². The van der Waals surface area contributed by atoms with Crippen LogP contribution in [0.3, 0.4) is 0 Å². The Bertz CT molecular complexity index is 344. The van der Waals surface area contributed by atoms with Crippen molar-refractivity contribution in [1.82, 2.24) is 4.90 Å². The van der Waals surface area contributed by atoms with Gasteiger partial charge in [-0.2, -0.15) is 0 Å². The topological polar surface area (TPSA) is 59.5 Å². The largest absolute Gasteiger partial charge is 0.467 e. The van der Waals surface area contributed by atoms with Crippen molar-refractivity contribution in [3.63, 3.8) is 0 Å². The van der Waals surface area contributed by atoms with E-state index in [9.17, 15) is 4.79 Å². The second-order valence-electron chi connectivity index (χ2n) is 4.58. The summed E-state index contributed by atoms with van der Waals surface area (Å²) in [5.74, 6) is 1.10. The van der Waals surface area contributed by atoms with Crippen LogP contribution in [0.25, 0.3) is 0 Å². The fourth-order valence-electron chi connectivity index (χ4n) is 1.94. The first kappa shape index (κ1) is 12.2. The highest BCUT2D eigenvalue weighted by Gasteiger charge is 2.32. The van der Waals surface area contributed by atoms with Crippen molar-refractivity contribution in [2.24, 2.45) is 5.73 Å². The molecular weight excluding hydrogens is 216 g/mol. The molecule has 0 bridgehead atoms. The molecule has 1 fully saturated rings. The van der Waals surface area contributed by atoms with E-state index < -0.39 is 0 Å². The minimum atomic E-state index is 0.234. The van der Waals surface area contributed by atoms with Crippen molar-refractivity contribution < 1.29 is 9.21 Å². The van der Waals surface area contributed by atoms with Gasteiger partial charge in [-0.15, -0.1) is 0 Å². The number of unbranched alkanes of at least 4 members (excludes halogenated alkanes) is 1. The second kappa shape index (κ2) is 5.87. The van der Waals surface area contributed by atoms with Gasteiger partial charge in [0, 0.05) is 12.5 Å². The first-order chi connectivity index (χ1) is 8.31. The monoisotopic (exact) mass is 236 g/mol. The van der Waals surface area contributed by atoms with Gasteiger partial charge < -0.3 is 15.1 Å². The van der Waals surface area contributed by atoms with Gasteiger partial charge in [-0.25, -0.2) is 0 Å². The van der Waals surface area contributed by atoms with E-state index in [2.05, 4.69) is 0 Å². The predicted molar refractivity (Wildman–Crippen MR) is 65.2 cm³/mol. The average molecular weight is 236 g/mol. The first-order valence-corrected chi connectivity index (χ1v) is 6.33. The summed E-state index contributed by atoms with van der Waals surface area (Å²) in [4.78, 5) is 14.0. The minimum absolute atomic E-state index is 0.234. The molecule has 1 aromatic heterocycles. The summed E-state index contributed by atoms with van der Waals surface area (Å²) in [5, 5.41) is 0. The zero-order valence-corrected chi connectivity index (χ0v) is 10.1. The van der Waals surface area contributed by atoms with Crippen molar-refractivity contribution in [3.05, 3.63) is 24.2 Å². The smallest absolute Gasteiger partial charge is 0.223 e. The van der Waals surface area contributed by atoms with E-state index in [0.29, 0.717) is 25.6 Å². The van der Waals surface area contributed by atoms with Crippen LogP contribution in [0.2, 0.25) is 0 Å². The molecule has 0 atom stereocenters. The number of nitrogens with two attached hydrogens (primary N) is 1. The van der Waals surface area contributed by atoms with Gasteiger partial charge in [0.15, 0.2) is 0 Å². The Morgan fingerprint density at radius 3 is 2.88 bits per heavy atom. The standard InChI is InChI=1S/C13H20N2O2/c14-8-2-1-5-13(16)15(11-6-7-11)10-12-4-3-9-17-12/h3-4,9,11H,1-2,5-8,10,14H2. The number of amides is 1. The van der Waals surface area contributed by atoms with Crippen LogP contribution < -0.4 is 5.73 Å². The van der Waals surface area contributed by atoms with Crippen LogP contribution in [0.15, 0.2) is 22.8 Å². The lowest BCUT2D eigenvalue weighted by Gasteiger charge is -2.21. The molecule has 2 N–H and O–H groups in total. The van der Waals surface area contributed by atoms with Crippen molar-refractivity contribution in [2.45, 2.75) is 44.7 Å². The van der Waals surface area contributed by atoms with E-state index in [1.165, 1.54) is 0 Å². The Morgan fingerprint density at radius 1 is 1.47 bits per heavy atom. The number of carbonyl (C=O) groups is 1. The van der Waals surface area contributed by atoms with E-state index in [4.69, 9.17) is 10.2 Å². The SMILES string of the molecule is NCCCCC(=O)N(Cc1ccco1)C1CC1. The fraction of sp³-hybridized carbons (Fsp3) is 0.615. The van der Waals surface area contributed by atoms with Gasteiger partial charge in [-0.1, -0.05) is 0 Å². The van der Waals surface area contributed by atoms with Crippen molar-refractivity contribution in [1.29, 1.82) is 0 Å². The van der Waals surface area contributed by atoms with E-state index >= 15 is 0 Å². The summed E-state index contributed by atoms with van der Waals surface area (Å²) in [7, 11) is 0. The highest BCUT2D eigenvalue weighted by molar-refractivity contribution is 5.76. The number of carbonyl (C=O) groups excluding carboxylic acids is 1. The molecule has 0 radical (unpaired) electrons. The highest BCUT2D eigenvalue weighted by atomic mass is 16.3. The Balaban J connectivity index is 1.86. The van der Waals surface area contributed by atoms with Crippen LogP contribution >= 0.6 is 0 Å². The third-order valence-corrected chi connectivity index (χ3v) is 3.06. The summed E-state index contributed by atoms with van der Waals surface area (Å²) in [6.07, 6.45) is 6.32. The van der Waals surface area contributed by atoms with Crippen LogP contribution in [-0.2, 0) is 11.3 Å². The highest BCUT2D eigenvalue weighted by Crippen LogP contribution is 2.29. The van der Waals surface area contributed by atoms with Gasteiger partial charge in [0.1, 0.15) is 5.76 Å². The van der Waals surface area contributed by atoms with Crippen molar-refractivity contribution in [3.8, 4) is 0 Å². The Kier molecular flexibility index (Phi) is 4.20. The molecule has 1 amide bonds. The molecule has 2 rings (SSSR count). The molecule has 1 aliphatic carbocycles. The van der Waals surface area contributed by atoms with Gasteiger partial charge in [0.2, 0.25) is 5.91 Å². The Morgan fingerprint density at radius 2 is 2.29 bits per heavy atom. The third-order valence-electron chi connectivity index (χ3n) is 3.06. The molecule has 94 valence electrons. The molecule has 1 heterocycles. The van der Waals surface area contributed by atoms with Gasteiger partial charge in [-0.05, 0) is 44.4 Å². The summed E-state index contributed by atoms with van der Waals surface area (Å²) in [5.41, 5.74) is 5.43. The average Bonchev–Trinajstić information content (AvgIpc) is 3.03. The molecule has 1 saturated carbocycles. The van der Waals surface area contributed by atoms with Crippen molar-refractivity contribution in [2.75, 3.05) is 6.54 Å². The molecule has 0 aromatic carbocycles. The van der Waals surface area contributed by atoms with Crippen LogP contribution in [0, 0.1) is 0 Å². The number of rotatable bonds is 7. The molecule has 0 saturated heterocycles. The molecule has 4 nitrogen and oxygen atoms in total. The molecular formula is C13H20N2O2. The van der Waals surface area contributed by atoms with Gasteiger partial charge in [0.05, 0.1) is 12.8 Å². The third kappa shape index (κ3) is 3.60. The summed E-state index contributed by atoms with van der Waals surface area (Å²) in [6, 6.07) is 4.22. The van der Waals surface area contributed by atoms with E-state index in [-0.39, 0.29) is 5.91 Å². The fourth-order valence-corrected chi connectivity index (χ4v) is 1.94. The molecule has 4 heteroatoms. The van der Waals surface area contributed by atoms with E-state index in [1.54, 1.807) is 6.26 Å². The summed E-state index contributed by atoms with van der Waals surface area (Å²) >= 11 is 0. The maximum atomic E-state index is 12.1. The molecule has 17 heavy (non-hydrogen) atoms. The zero-order valence-electron chi connectivity index (χ0n) is 10.1. The van der Waals surface area contributed by atoms with Gasteiger partial charge >= 0.3 is 0 Å². The normalized spacial score (nSPS) is 14.9. The maximum absolute atomic E-state index is 12.1. The first-order valence-electron chi connectivity index (χ1n) is 6.33. The summed E-state index contributed by atoms with van der Waals surface area (Å²) < 4.78 is 5.30. The lowest BCUT2D eigenvalue weighted by Crippen LogP contribution is -2.32. The van der Waals surface area contributed by atoms with Crippen LogP contribution in [0.1, 0.15) is 37.9 Å². The predicted octanol–water partition coefficient (Wildman–Crippen LogP) is 1.90. The van der Waals surface area contributed by atoms with E-state index in [0.717, 1.165) is 31.4 Å². The second-order valence-corrected chi connectivity index (χ2v) is 4.58. The number of furan rings is 1. The Labute approximate surface area is 102 Å². The van der Waals surface area contributed by atoms with Crippen molar-refractivity contribution >= 4 is 5.91 Å². The van der Waals surface area contributed by atoms with Gasteiger partial charge in [-0.3, -0.25) is 4.79 Å².